The minimum Gasteiger partial charge on any atom is -0.370 e. The summed E-state index contributed by atoms with van der Waals surface area (Å²) >= 11 is 0. The van der Waals surface area contributed by atoms with Crippen molar-refractivity contribution in [3.05, 3.63) is 59.9 Å². The highest BCUT2D eigenvalue weighted by atomic mass is 16.5. The number of benzene rings is 1. The predicted octanol–water partition coefficient (Wildman–Crippen LogP) is 2.73. The van der Waals surface area contributed by atoms with Crippen molar-refractivity contribution < 1.29 is 19.1 Å². The molecule has 2 saturated heterocycles. The molecule has 34 heavy (non-hydrogen) atoms. The summed E-state index contributed by atoms with van der Waals surface area (Å²) in [6, 6.07) is 10.9. The van der Waals surface area contributed by atoms with Crippen molar-refractivity contribution in [3.8, 4) is 0 Å². The van der Waals surface area contributed by atoms with Gasteiger partial charge in [0.15, 0.2) is 0 Å². The van der Waals surface area contributed by atoms with E-state index in [2.05, 4.69) is 18.8 Å². The molecule has 8 heteroatoms. The maximum absolute atomic E-state index is 13.5. The molecule has 0 N–H and O–H groups in total. The molecule has 2 aliphatic heterocycles. The van der Waals surface area contributed by atoms with E-state index in [9.17, 15) is 14.4 Å². The molecule has 2 aliphatic rings. The van der Waals surface area contributed by atoms with Gasteiger partial charge in [0.1, 0.15) is 6.54 Å². The van der Waals surface area contributed by atoms with E-state index in [0.717, 1.165) is 17.7 Å². The summed E-state index contributed by atoms with van der Waals surface area (Å²) < 4.78 is 6.16. The van der Waals surface area contributed by atoms with Crippen molar-refractivity contribution in [3.63, 3.8) is 0 Å². The van der Waals surface area contributed by atoms with Crippen LogP contribution in [0.2, 0.25) is 0 Å². The lowest BCUT2D eigenvalue weighted by atomic mass is 10.1. The zero-order chi connectivity index (χ0) is 24.1. The molecular formula is C26H32N4O4. The standard InChI is InChI=1S/C26H32N4O4/c1-19(2)14-28-15-23(34-18-20-6-4-10-27-13-20)16-29(17-25(28)32)26(33)21-7-3-8-22(12-21)30-11-5-9-24(30)31/h3-4,6-8,10,12-13,19,23H,5,9,11,14-18H2,1-2H3. The topological polar surface area (TPSA) is 83.1 Å². The van der Waals surface area contributed by atoms with E-state index in [0.29, 0.717) is 50.7 Å². The first-order valence-corrected chi connectivity index (χ1v) is 11.9. The minimum atomic E-state index is -0.322. The summed E-state index contributed by atoms with van der Waals surface area (Å²) in [5, 5.41) is 0. The molecule has 4 rings (SSSR count). The molecule has 0 bridgehead atoms. The molecule has 1 aromatic carbocycles. The first kappa shape index (κ1) is 23.9. The second kappa shape index (κ2) is 10.8. The first-order chi connectivity index (χ1) is 16.4. The molecule has 2 aromatic rings. The van der Waals surface area contributed by atoms with E-state index in [-0.39, 0.29) is 30.4 Å². The van der Waals surface area contributed by atoms with Crippen LogP contribution in [0.1, 0.15) is 42.6 Å². The molecule has 1 unspecified atom stereocenters. The Morgan fingerprint density at radius 1 is 1.15 bits per heavy atom. The van der Waals surface area contributed by atoms with Crippen LogP contribution in [-0.2, 0) is 20.9 Å². The summed E-state index contributed by atoms with van der Waals surface area (Å²) in [5.41, 5.74) is 2.13. The van der Waals surface area contributed by atoms with Gasteiger partial charge in [-0.25, -0.2) is 0 Å². The minimum absolute atomic E-state index is 0.00514. The van der Waals surface area contributed by atoms with Crippen molar-refractivity contribution in [2.45, 2.75) is 39.4 Å². The Kier molecular flexibility index (Phi) is 7.57. The zero-order valence-corrected chi connectivity index (χ0v) is 19.9. The molecular weight excluding hydrogens is 432 g/mol. The van der Waals surface area contributed by atoms with E-state index >= 15 is 0 Å². The lowest BCUT2D eigenvalue weighted by Crippen LogP contribution is -2.40. The number of anilines is 1. The van der Waals surface area contributed by atoms with Gasteiger partial charge >= 0.3 is 0 Å². The van der Waals surface area contributed by atoms with Crippen LogP contribution in [0.15, 0.2) is 48.8 Å². The van der Waals surface area contributed by atoms with E-state index < -0.39 is 0 Å². The number of hydrogen-bond donors (Lipinski definition) is 0. The molecule has 180 valence electrons. The quantitative estimate of drug-likeness (QED) is 0.629. The molecule has 2 fully saturated rings. The van der Waals surface area contributed by atoms with Gasteiger partial charge in [-0.1, -0.05) is 26.0 Å². The predicted molar refractivity (Wildman–Crippen MR) is 128 cm³/mol. The van der Waals surface area contributed by atoms with Crippen LogP contribution < -0.4 is 4.90 Å². The maximum atomic E-state index is 13.5. The number of amides is 3. The zero-order valence-electron chi connectivity index (χ0n) is 19.9. The lowest BCUT2D eigenvalue weighted by molar-refractivity contribution is -0.132. The maximum Gasteiger partial charge on any atom is 0.254 e. The van der Waals surface area contributed by atoms with Crippen LogP contribution in [0.3, 0.4) is 0 Å². The van der Waals surface area contributed by atoms with Gasteiger partial charge in [-0.2, -0.15) is 0 Å². The third kappa shape index (κ3) is 5.80. The van der Waals surface area contributed by atoms with Gasteiger partial charge in [-0.05, 0) is 42.2 Å². The third-order valence-electron chi connectivity index (χ3n) is 6.09. The Morgan fingerprint density at radius 2 is 2.00 bits per heavy atom. The first-order valence-electron chi connectivity index (χ1n) is 11.9. The highest BCUT2D eigenvalue weighted by molar-refractivity contribution is 6.00. The van der Waals surface area contributed by atoms with Gasteiger partial charge in [0.25, 0.3) is 5.91 Å². The Hall–Kier alpha value is -3.26. The number of nitrogens with zero attached hydrogens (tertiary/aromatic N) is 4. The second-order valence-corrected chi connectivity index (χ2v) is 9.37. The van der Waals surface area contributed by atoms with Gasteiger partial charge in [-0.3, -0.25) is 19.4 Å². The lowest BCUT2D eigenvalue weighted by Gasteiger charge is -2.26. The van der Waals surface area contributed by atoms with E-state index in [1.54, 1.807) is 45.3 Å². The summed E-state index contributed by atoms with van der Waals surface area (Å²) in [5.74, 6) is 0.0613. The van der Waals surface area contributed by atoms with Crippen LogP contribution >= 0.6 is 0 Å². The van der Waals surface area contributed by atoms with Crippen molar-refractivity contribution in [2.24, 2.45) is 5.92 Å². The molecule has 0 aliphatic carbocycles. The Balaban J connectivity index is 1.52. The number of pyridine rings is 1. The SMILES string of the molecule is CC(C)CN1CC(OCc2cccnc2)CN(C(=O)c2cccc(N3CCCC3=O)c2)CC1=O. The number of aromatic nitrogens is 1. The molecule has 1 aromatic heterocycles. The number of rotatable bonds is 7. The fraction of sp³-hybridized carbons (Fsp3) is 0.462. The highest BCUT2D eigenvalue weighted by Gasteiger charge is 2.32. The molecule has 0 spiro atoms. The average molecular weight is 465 g/mol. The monoisotopic (exact) mass is 464 g/mol. The van der Waals surface area contributed by atoms with Crippen LogP contribution in [-0.4, -0.2) is 71.3 Å². The van der Waals surface area contributed by atoms with Crippen LogP contribution in [0.25, 0.3) is 0 Å². The van der Waals surface area contributed by atoms with Gasteiger partial charge in [-0.15, -0.1) is 0 Å². The number of carbonyl (C=O) groups excluding carboxylic acids is 3. The smallest absolute Gasteiger partial charge is 0.254 e. The number of ether oxygens (including phenoxy) is 1. The summed E-state index contributed by atoms with van der Waals surface area (Å²) in [7, 11) is 0. The van der Waals surface area contributed by atoms with Crippen LogP contribution in [0.5, 0.6) is 0 Å². The van der Waals surface area contributed by atoms with Gasteiger partial charge < -0.3 is 19.4 Å². The van der Waals surface area contributed by atoms with Gasteiger partial charge in [0, 0.05) is 56.2 Å². The summed E-state index contributed by atoms with van der Waals surface area (Å²) in [4.78, 5) is 47.9. The van der Waals surface area contributed by atoms with Crippen molar-refractivity contribution >= 4 is 23.4 Å². The molecule has 0 radical (unpaired) electrons. The van der Waals surface area contributed by atoms with E-state index in [1.165, 1.54) is 0 Å². The fourth-order valence-corrected chi connectivity index (χ4v) is 4.46. The van der Waals surface area contributed by atoms with Crippen LogP contribution in [0.4, 0.5) is 5.69 Å². The van der Waals surface area contributed by atoms with Gasteiger partial charge in [0.05, 0.1) is 12.7 Å². The molecule has 3 amide bonds. The van der Waals surface area contributed by atoms with Gasteiger partial charge in [0.2, 0.25) is 11.8 Å². The fourth-order valence-electron chi connectivity index (χ4n) is 4.46. The van der Waals surface area contributed by atoms with E-state index in [1.807, 2.05) is 18.2 Å². The Bertz CT molecular complexity index is 1030. The van der Waals surface area contributed by atoms with Crippen LogP contribution in [0, 0.1) is 5.92 Å². The van der Waals surface area contributed by atoms with Crippen molar-refractivity contribution in [2.75, 3.05) is 37.6 Å². The molecule has 3 heterocycles. The average Bonchev–Trinajstić information content (AvgIpc) is 3.20. The van der Waals surface area contributed by atoms with Crippen molar-refractivity contribution in [1.29, 1.82) is 0 Å². The Labute approximate surface area is 200 Å². The highest BCUT2D eigenvalue weighted by Crippen LogP contribution is 2.23. The summed E-state index contributed by atoms with van der Waals surface area (Å²) in [6.45, 7) is 6.51. The van der Waals surface area contributed by atoms with E-state index in [4.69, 9.17) is 4.74 Å². The number of hydrogen-bond acceptors (Lipinski definition) is 5. The number of carbonyl (C=O) groups is 3. The Morgan fingerprint density at radius 3 is 2.71 bits per heavy atom. The third-order valence-corrected chi connectivity index (χ3v) is 6.09. The molecule has 0 saturated carbocycles. The van der Waals surface area contributed by atoms with Crippen molar-refractivity contribution in [1.82, 2.24) is 14.8 Å². The molecule has 8 nitrogen and oxygen atoms in total. The summed E-state index contributed by atoms with van der Waals surface area (Å²) in [6.07, 6.45) is 4.49. The molecule has 1 atom stereocenters. The largest absolute Gasteiger partial charge is 0.370 e. The normalized spacial score (nSPS) is 19.1. The second-order valence-electron chi connectivity index (χ2n) is 9.37.